The predicted molar refractivity (Wildman–Crippen MR) is 70.2 cm³/mol. The van der Waals surface area contributed by atoms with Gasteiger partial charge in [-0.25, -0.2) is 4.39 Å². The average molecular weight is 255 g/mol. The van der Waals surface area contributed by atoms with E-state index in [9.17, 15) is 4.39 Å². The Morgan fingerprint density at radius 3 is 2.67 bits per heavy atom. The van der Waals surface area contributed by atoms with E-state index in [1.165, 1.54) is 6.07 Å². The summed E-state index contributed by atoms with van der Waals surface area (Å²) >= 11 is 0. The molecule has 0 saturated carbocycles. The van der Waals surface area contributed by atoms with E-state index in [2.05, 4.69) is 6.92 Å². The van der Waals surface area contributed by atoms with Crippen molar-refractivity contribution in [1.29, 1.82) is 0 Å². The first-order valence-electron chi connectivity index (χ1n) is 6.40. The molecule has 0 amide bonds. The lowest BCUT2D eigenvalue weighted by atomic mass is 10.1. The van der Waals surface area contributed by atoms with Gasteiger partial charge >= 0.3 is 0 Å². The Morgan fingerprint density at radius 1 is 1.28 bits per heavy atom. The Labute approximate surface area is 108 Å². The summed E-state index contributed by atoms with van der Waals surface area (Å²) in [5.74, 6) is 0.186. The van der Waals surface area contributed by atoms with Gasteiger partial charge in [0.1, 0.15) is 18.2 Å². The Hall–Kier alpha value is -1.13. The zero-order valence-corrected chi connectivity index (χ0v) is 11.1. The van der Waals surface area contributed by atoms with Crippen molar-refractivity contribution in [2.24, 2.45) is 5.73 Å². The first-order valence-corrected chi connectivity index (χ1v) is 6.40. The lowest BCUT2D eigenvalue weighted by Gasteiger charge is -2.10. The fourth-order valence-electron chi connectivity index (χ4n) is 1.53. The monoisotopic (exact) mass is 255 g/mol. The van der Waals surface area contributed by atoms with E-state index in [4.69, 9.17) is 15.2 Å². The van der Waals surface area contributed by atoms with Gasteiger partial charge in [-0.05, 0) is 19.4 Å². The van der Waals surface area contributed by atoms with Crippen LogP contribution in [0.1, 0.15) is 38.3 Å². The highest BCUT2D eigenvalue weighted by Gasteiger charge is 2.07. The van der Waals surface area contributed by atoms with Gasteiger partial charge in [-0.1, -0.05) is 19.4 Å². The number of rotatable bonds is 8. The van der Waals surface area contributed by atoms with Crippen molar-refractivity contribution in [2.75, 3.05) is 19.8 Å². The van der Waals surface area contributed by atoms with Gasteiger partial charge in [0.15, 0.2) is 0 Å². The maximum absolute atomic E-state index is 13.6. The van der Waals surface area contributed by atoms with Crippen LogP contribution in [0.4, 0.5) is 4.39 Å². The molecular formula is C14H22FNO2. The molecule has 0 aliphatic rings. The summed E-state index contributed by atoms with van der Waals surface area (Å²) in [5.41, 5.74) is 6.13. The molecular weight excluding hydrogens is 233 g/mol. The van der Waals surface area contributed by atoms with Gasteiger partial charge in [-0.15, -0.1) is 0 Å². The van der Waals surface area contributed by atoms with Crippen LogP contribution in [-0.4, -0.2) is 19.8 Å². The first kappa shape index (κ1) is 14.9. The highest BCUT2D eigenvalue weighted by Crippen LogP contribution is 2.20. The molecule has 0 bridgehead atoms. The Bertz CT molecular complexity index is 356. The Balaban J connectivity index is 2.33. The maximum Gasteiger partial charge on any atom is 0.131 e. The SMILES string of the molecule is CCCCOCCOc1ccc([C@@H](C)N)c(F)c1. The van der Waals surface area contributed by atoms with Crippen LogP contribution < -0.4 is 10.5 Å². The molecule has 0 spiro atoms. The van der Waals surface area contributed by atoms with Crippen LogP contribution >= 0.6 is 0 Å². The summed E-state index contributed by atoms with van der Waals surface area (Å²) < 4.78 is 24.3. The molecule has 4 heteroatoms. The smallest absolute Gasteiger partial charge is 0.131 e. The van der Waals surface area contributed by atoms with Gasteiger partial charge < -0.3 is 15.2 Å². The van der Waals surface area contributed by atoms with E-state index in [1.54, 1.807) is 19.1 Å². The zero-order chi connectivity index (χ0) is 13.4. The standard InChI is InChI=1S/C14H22FNO2/c1-3-4-7-17-8-9-18-12-5-6-13(11(2)16)14(15)10-12/h5-6,10-11H,3-4,7-9,16H2,1-2H3/t11-/m1/s1. The van der Waals surface area contributed by atoms with E-state index < -0.39 is 0 Å². The summed E-state index contributed by atoms with van der Waals surface area (Å²) in [7, 11) is 0. The summed E-state index contributed by atoms with van der Waals surface area (Å²) in [6.45, 7) is 5.57. The van der Waals surface area contributed by atoms with Crippen molar-refractivity contribution in [3.05, 3.63) is 29.6 Å². The number of halogens is 1. The molecule has 102 valence electrons. The number of ether oxygens (including phenoxy) is 2. The van der Waals surface area contributed by atoms with Crippen LogP contribution in [0.15, 0.2) is 18.2 Å². The molecule has 18 heavy (non-hydrogen) atoms. The second-order valence-corrected chi connectivity index (χ2v) is 4.29. The van der Waals surface area contributed by atoms with E-state index in [0.717, 1.165) is 19.4 Å². The van der Waals surface area contributed by atoms with E-state index >= 15 is 0 Å². The van der Waals surface area contributed by atoms with Gasteiger partial charge in [-0.2, -0.15) is 0 Å². The highest BCUT2D eigenvalue weighted by atomic mass is 19.1. The van der Waals surface area contributed by atoms with E-state index in [0.29, 0.717) is 24.5 Å². The fraction of sp³-hybridized carbons (Fsp3) is 0.571. The molecule has 0 radical (unpaired) electrons. The third-order valence-corrected chi connectivity index (χ3v) is 2.60. The molecule has 1 aromatic rings. The number of benzene rings is 1. The van der Waals surface area contributed by atoms with Gasteiger partial charge in [0.2, 0.25) is 0 Å². The first-order chi connectivity index (χ1) is 8.65. The summed E-state index contributed by atoms with van der Waals surface area (Å²) in [4.78, 5) is 0. The molecule has 2 N–H and O–H groups in total. The third kappa shape index (κ3) is 5.02. The minimum atomic E-state index is -0.325. The molecule has 1 atom stereocenters. The zero-order valence-electron chi connectivity index (χ0n) is 11.1. The largest absolute Gasteiger partial charge is 0.491 e. The number of unbranched alkanes of at least 4 members (excludes halogenated alkanes) is 1. The van der Waals surface area contributed by atoms with Gasteiger partial charge in [0, 0.05) is 24.3 Å². The molecule has 0 heterocycles. The summed E-state index contributed by atoms with van der Waals surface area (Å²) in [6, 6.07) is 4.45. The van der Waals surface area contributed by atoms with Crippen LogP contribution in [0.25, 0.3) is 0 Å². The lowest BCUT2D eigenvalue weighted by molar-refractivity contribution is 0.0979. The highest BCUT2D eigenvalue weighted by molar-refractivity contribution is 5.30. The van der Waals surface area contributed by atoms with Crippen molar-refractivity contribution in [3.8, 4) is 5.75 Å². The Kier molecular flexibility index (Phi) is 6.68. The third-order valence-electron chi connectivity index (χ3n) is 2.60. The normalized spacial score (nSPS) is 12.4. The number of hydrogen-bond donors (Lipinski definition) is 1. The molecule has 0 aliphatic heterocycles. The van der Waals surface area contributed by atoms with Crippen molar-refractivity contribution >= 4 is 0 Å². The molecule has 0 aliphatic carbocycles. The van der Waals surface area contributed by atoms with Crippen LogP contribution in [-0.2, 0) is 4.74 Å². The molecule has 0 unspecified atom stereocenters. The van der Waals surface area contributed by atoms with Crippen LogP contribution in [0.2, 0.25) is 0 Å². The summed E-state index contributed by atoms with van der Waals surface area (Å²) in [5, 5.41) is 0. The maximum atomic E-state index is 13.6. The minimum absolute atomic E-state index is 0.309. The van der Waals surface area contributed by atoms with Gasteiger partial charge in [0.05, 0.1) is 6.61 Å². The quantitative estimate of drug-likeness (QED) is 0.726. The fourth-order valence-corrected chi connectivity index (χ4v) is 1.53. The number of hydrogen-bond acceptors (Lipinski definition) is 3. The summed E-state index contributed by atoms with van der Waals surface area (Å²) in [6.07, 6.45) is 2.17. The van der Waals surface area contributed by atoms with Gasteiger partial charge in [0.25, 0.3) is 0 Å². The van der Waals surface area contributed by atoms with E-state index in [-0.39, 0.29) is 11.9 Å². The van der Waals surface area contributed by atoms with Gasteiger partial charge in [-0.3, -0.25) is 0 Å². The predicted octanol–water partition coefficient (Wildman–Crippen LogP) is 3.04. The van der Waals surface area contributed by atoms with Crippen LogP contribution in [0.3, 0.4) is 0 Å². The van der Waals surface area contributed by atoms with Crippen LogP contribution in [0.5, 0.6) is 5.75 Å². The van der Waals surface area contributed by atoms with E-state index in [1.807, 2.05) is 0 Å². The second kappa shape index (κ2) is 8.06. The molecule has 0 fully saturated rings. The molecule has 3 nitrogen and oxygen atoms in total. The molecule has 1 aromatic carbocycles. The van der Waals surface area contributed by atoms with Crippen molar-refractivity contribution in [2.45, 2.75) is 32.7 Å². The lowest BCUT2D eigenvalue weighted by Crippen LogP contribution is -2.09. The van der Waals surface area contributed by atoms with Crippen molar-refractivity contribution in [3.63, 3.8) is 0 Å². The second-order valence-electron chi connectivity index (χ2n) is 4.29. The van der Waals surface area contributed by atoms with Crippen LogP contribution in [0, 0.1) is 5.82 Å². The van der Waals surface area contributed by atoms with Crippen molar-refractivity contribution < 1.29 is 13.9 Å². The minimum Gasteiger partial charge on any atom is -0.491 e. The molecule has 0 aromatic heterocycles. The number of nitrogens with two attached hydrogens (primary N) is 1. The molecule has 0 saturated heterocycles. The molecule has 1 rings (SSSR count). The topological polar surface area (TPSA) is 44.5 Å². The van der Waals surface area contributed by atoms with Crippen molar-refractivity contribution in [1.82, 2.24) is 0 Å². The Morgan fingerprint density at radius 2 is 2.06 bits per heavy atom. The average Bonchev–Trinajstić information content (AvgIpc) is 2.33.